The van der Waals surface area contributed by atoms with Gasteiger partial charge in [-0.3, -0.25) is 24.0 Å². The van der Waals surface area contributed by atoms with E-state index in [4.69, 9.17) is 14.2 Å². The van der Waals surface area contributed by atoms with Crippen molar-refractivity contribution in [2.75, 3.05) is 43.3 Å². The number of rotatable bonds is 16. The first kappa shape index (κ1) is 62.0. The van der Waals surface area contributed by atoms with Crippen molar-refractivity contribution in [1.82, 2.24) is 5.32 Å². The summed E-state index contributed by atoms with van der Waals surface area (Å²) in [4.78, 5) is 75.9. The lowest BCUT2D eigenvalue weighted by atomic mass is 9.72. The van der Waals surface area contributed by atoms with Gasteiger partial charge in [0.2, 0.25) is 0 Å². The number of hydrogen-bond donors (Lipinski definition) is 4. The van der Waals surface area contributed by atoms with Crippen LogP contribution in [-0.2, 0) is 23.8 Å². The number of methoxy groups -OCH3 is 1. The molecule has 76 heavy (non-hydrogen) atoms. The predicted octanol–water partition coefficient (Wildman–Crippen LogP) is 15.1. The Kier molecular flexibility index (Phi) is 21.8. The van der Waals surface area contributed by atoms with Crippen LogP contribution in [0.3, 0.4) is 0 Å². The van der Waals surface area contributed by atoms with Crippen LogP contribution >= 0.6 is 0 Å². The topological polar surface area (TPSA) is 178 Å². The van der Waals surface area contributed by atoms with E-state index in [1.807, 2.05) is 105 Å². The first-order valence-electron chi connectivity index (χ1n) is 23.8. The highest BCUT2D eigenvalue weighted by Crippen LogP contribution is 2.39. The minimum atomic E-state index is -0.858. The predicted molar refractivity (Wildman–Crippen MR) is 312 cm³/mol. The van der Waals surface area contributed by atoms with Crippen molar-refractivity contribution >= 4 is 95.8 Å². The molecule has 2 unspecified atom stereocenters. The highest BCUT2D eigenvalue weighted by atomic mass is 16.6. The van der Waals surface area contributed by atoms with Crippen LogP contribution in [0.5, 0.6) is 0 Å². The molecule has 0 radical (unpaired) electrons. The van der Waals surface area contributed by atoms with E-state index >= 15 is 0 Å². The molecule has 0 aliphatic rings. The first-order chi connectivity index (χ1) is 34.4. The number of amides is 3. The average molecular weight is 1030 g/mol. The maximum atomic E-state index is 13.6. The largest absolute Gasteiger partial charge is 0.469 e. The van der Waals surface area contributed by atoms with Gasteiger partial charge in [-0.25, -0.2) is 4.79 Å². The molecule has 8 rings (SSSR count). The van der Waals surface area contributed by atoms with Gasteiger partial charge in [-0.15, -0.1) is 0 Å². The fraction of sp³-hybridized carbons (Fsp3) is 0.302. The van der Waals surface area contributed by atoms with Crippen LogP contribution < -0.4 is 21.3 Å². The highest BCUT2D eigenvalue weighted by Gasteiger charge is 2.42. The number of carbonyl (C=O) groups is 6. The molecule has 0 bridgehead atoms. The Morgan fingerprint density at radius 2 is 1.13 bits per heavy atom. The van der Waals surface area contributed by atoms with Crippen molar-refractivity contribution in [2.45, 2.75) is 90.1 Å². The molecule has 0 heterocycles. The van der Waals surface area contributed by atoms with Crippen molar-refractivity contribution < 1.29 is 43.0 Å². The molecule has 13 heteroatoms. The van der Waals surface area contributed by atoms with Crippen molar-refractivity contribution in [1.29, 1.82) is 0 Å². The Bertz CT molecular complexity index is 3310. The molecule has 0 fully saturated rings. The third-order valence-corrected chi connectivity index (χ3v) is 13.1. The zero-order valence-corrected chi connectivity index (χ0v) is 41.9. The lowest BCUT2D eigenvalue weighted by Gasteiger charge is -2.33. The normalized spacial score (nSPS) is 11.8. The molecule has 3 amide bonds. The van der Waals surface area contributed by atoms with Crippen LogP contribution in [0.15, 0.2) is 140 Å². The molecule has 13 nitrogen and oxygen atoms in total. The number of hydrogen-bond acceptors (Lipinski definition) is 10. The first-order valence-corrected chi connectivity index (χ1v) is 23.8. The van der Waals surface area contributed by atoms with E-state index in [-0.39, 0.29) is 84.5 Å². The van der Waals surface area contributed by atoms with E-state index < -0.39 is 22.9 Å². The monoisotopic (exact) mass is 1030 g/mol. The van der Waals surface area contributed by atoms with Crippen LogP contribution in [0.4, 0.5) is 21.9 Å². The Balaban J connectivity index is 0.000000386. The van der Waals surface area contributed by atoms with Crippen LogP contribution in [0.25, 0.3) is 43.1 Å². The van der Waals surface area contributed by atoms with Gasteiger partial charge < -0.3 is 35.5 Å². The van der Waals surface area contributed by atoms with E-state index in [0.29, 0.717) is 28.9 Å². The minimum absolute atomic E-state index is 0. The smallest absolute Gasteiger partial charge is 0.407 e. The van der Waals surface area contributed by atoms with Gasteiger partial charge in [0.05, 0.1) is 24.0 Å². The van der Waals surface area contributed by atoms with Crippen molar-refractivity contribution in [3.63, 3.8) is 0 Å². The second-order valence-corrected chi connectivity index (χ2v) is 18.7. The summed E-state index contributed by atoms with van der Waals surface area (Å²) < 4.78 is 15.4. The fourth-order valence-corrected chi connectivity index (χ4v) is 9.15. The highest BCUT2D eigenvalue weighted by molar-refractivity contribution is 6.27. The van der Waals surface area contributed by atoms with Gasteiger partial charge in [-0.2, -0.15) is 0 Å². The number of benzene rings is 8. The summed E-state index contributed by atoms with van der Waals surface area (Å²) in [6, 6.07) is 43.8. The molecule has 0 spiro atoms. The summed E-state index contributed by atoms with van der Waals surface area (Å²) in [7, 11) is 3.13. The maximum Gasteiger partial charge on any atom is 0.407 e. The molecule has 0 saturated carbocycles. The van der Waals surface area contributed by atoms with Gasteiger partial charge in [0.15, 0.2) is 5.78 Å². The van der Waals surface area contributed by atoms with Gasteiger partial charge in [0.1, 0.15) is 13.2 Å². The number of Topliss-reactive ketones (excluding diaryl/α,β-unsaturated/α-hetero) is 1. The molecular weight excluding hydrogens is 957 g/mol. The zero-order chi connectivity index (χ0) is 51.7. The summed E-state index contributed by atoms with van der Waals surface area (Å²) in [5, 5.41) is 20.1. The minimum Gasteiger partial charge on any atom is -0.469 e. The molecule has 0 saturated heterocycles. The summed E-state index contributed by atoms with van der Waals surface area (Å²) >= 11 is 0. The van der Waals surface area contributed by atoms with Crippen LogP contribution in [0, 0.1) is 10.8 Å². The number of esters is 2. The van der Waals surface area contributed by atoms with E-state index in [1.54, 1.807) is 46.0 Å². The van der Waals surface area contributed by atoms with Crippen molar-refractivity contribution in [2.24, 2.45) is 10.8 Å². The van der Waals surface area contributed by atoms with Gasteiger partial charge >= 0.3 is 18.0 Å². The molecule has 0 aliphatic heterocycles. The summed E-state index contributed by atoms with van der Waals surface area (Å²) in [5.41, 5.74) is 2.25. The van der Waals surface area contributed by atoms with Gasteiger partial charge in [-0.1, -0.05) is 134 Å². The summed E-state index contributed by atoms with van der Waals surface area (Å²) in [5.74, 6) is -1.73. The molecule has 4 N–H and O–H groups in total. The number of fused-ring (bicyclic) bond motifs is 1. The van der Waals surface area contributed by atoms with Crippen molar-refractivity contribution in [3.05, 3.63) is 162 Å². The molecule has 0 aromatic heterocycles. The lowest BCUT2D eigenvalue weighted by Crippen LogP contribution is -2.38. The molecule has 2 atom stereocenters. The van der Waals surface area contributed by atoms with Gasteiger partial charge in [0.25, 0.3) is 11.8 Å². The second-order valence-electron chi connectivity index (χ2n) is 18.7. The zero-order valence-electron chi connectivity index (χ0n) is 41.9. The van der Waals surface area contributed by atoms with E-state index in [0.717, 1.165) is 54.3 Å². The van der Waals surface area contributed by atoms with Gasteiger partial charge in [0, 0.05) is 40.8 Å². The summed E-state index contributed by atoms with van der Waals surface area (Å²) in [6.07, 6.45) is 0.193. The number of ketones is 1. The quantitative estimate of drug-likeness (QED) is 0.0239. The van der Waals surface area contributed by atoms with Gasteiger partial charge in [-0.05, 0) is 139 Å². The summed E-state index contributed by atoms with van der Waals surface area (Å²) in [6.45, 7) is 10.3. The third kappa shape index (κ3) is 14.1. The molecule has 0 aliphatic carbocycles. The Morgan fingerprint density at radius 3 is 1.80 bits per heavy atom. The van der Waals surface area contributed by atoms with Crippen LogP contribution in [0.2, 0.25) is 0 Å². The molecule has 8 aromatic rings. The number of ether oxygens (including phenoxy) is 3. The lowest BCUT2D eigenvalue weighted by molar-refractivity contribution is -0.162. The van der Waals surface area contributed by atoms with Crippen LogP contribution in [0.1, 0.15) is 127 Å². The fourth-order valence-electron chi connectivity index (χ4n) is 9.15. The standard InChI is InChI=1S/C33H25N3O3.C26H35NO6.4CH4/c1-19(37)23-15-24(32(38)35-26-8-4-7-25(18-26)34-2)17-27(16-23)36-33(39)29-14-12-22-10-9-20-5-3-6-21-11-13-28(29)31(22)30(20)21;1-7-26(5,17-25(3,4)22(28)31-6)23(29)32-15-16-33-24(30)27-18(2)20-14-10-12-19-11-8-9-13-21(19)20;;;;/h3-18,34H,1-2H3,(H,35,38)(H,36,39);8-14,18H,7,15-17H2,1-6H3,(H,27,30);4*1H4. The van der Waals surface area contributed by atoms with E-state index in [1.165, 1.54) is 20.1 Å². The van der Waals surface area contributed by atoms with E-state index in [9.17, 15) is 28.8 Å². The Labute approximate surface area is 448 Å². The maximum absolute atomic E-state index is 13.6. The molecular formula is C63H76N4O9. The third-order valence-electron chi connectivity index (χ3n) is 13.1. The van der Waals surface area contributed by atoms with E-state index in [2.05, 4.69) is 45.5 Å². The second kappa shape index (κ2) is 26.8. The average Bonchev–Trinajstić information content (AvgIpc) is 3.38. The number of anilines is 3. The SMILES string of the molecule is C.C.C.C.CCC(C)(CC(C)(C)C(=O)OC)C(=O)OCCOC(=O)NC(C)c1cccc2ccccc12.CNc1cccc(NC(=O)c2cc(NC(=O)c3ccc4ccc5cccc6ccc3c4c56)cc(C(C)=O)c2)c1. The number of nitrogens with one attached hydrogen (secondary N) is 4. The molecule has 8 aromatic carbocycles. The van der Waals surface area contributed by atoms with Crippen molar-refractivity contribution in [3.8, 4) is 0 Å². The Morgan fingerprint density at radius 1 is 0.566 bits per heavy atom. The number of alkyl carbamates (subject to hydrolysis) is 1. The Hall–Kier alpha value is -8.32. The van der Waals surface area contributed by atoms with Crippen LogP contribution in [-0.4, -0.2) is 63.0 Å². The molecule has 402 valence electrons. The number of carbonyl (C=O) groups excluding carboxylic acids is 6.